The molecular formula is C21H26ClN3O. The molecule has 0 fully saturated rings. The highest BCUT2D eigenvalue weighted by molar-refractivity contribution is 6.32. The monoisotopic (exact) mass is 371 g/mol. The van der Waals surface area contributed by atoms with Crippen molar-refractivity contribution in [2.75, 3.05) is 18.6 Å². The van der Waals surface area contributed by atoms with E-state index in [1.54, 1.807) is 0 Å². The molecule has 0 bridgehead atoms. The molecule has 0 saturated carbocycles. The molecule has 0 aliphatic carbocycles. The van der Waals surface area contributed by atoms with Crippen LogP contribution in [0.1, 0.15) is 36.7 Å². The molecule has 4 nitrogen and oxygen atoms in total. The number of nitrogens with zero attached hydrogens (tertiary/aromatic N) is 2. The lowest BCUT2D eigenvalue weighted by atomic mass is 10.1. The molecule has 0 amide bonds. The Morgan fingerprint density at radius 1 is 1.19 bits per heavy atom. The zero-order valence-corrected chi connectivity index (χ0v) is 16.4. The molecule has 3 aromatic rings. The van der Waals surface area contributed by atoms with Gasteiger partial charge in [0, 0.05) is 6.54 Å². The summed E-state index contributed by atoms with van der Waals surface area (Å²) < 4.78 is 7.77. The molecule has 0 saturated heterocycles. The van der Waals surface area contributed by atoms with Crippen LogP contribution in [-0.4, -0.2) is 22.8 Å². The van der Waals surface area contributed by atoms with Crippen molar-refractivity contribution in [1.29, 1.82) is 0 Å². The third-order valence-electron chi connectivity index (χ3n) is 4.49. The van der Waals surface area contributed by atoms with E-state index in [4.69, 9.17) is 16.3 Å². The number of aryl methyl sites for hydroxylation is 2. The van der Waals surface area contributed by atoms with Gasteiger partial charge in [-0.2, -0.15) is 0 Å². The Labute approximate surface area is 160 Å². The smallest absolute Gasteiger partial charge is 0.137 e. The topological polar surface area (TPSA) is 39.1 Å². The van der Waals surface area contributed by atoms with Crippen LogP contribution < -0.4 is 10.2 Å². The Balaban J connectivity index is 1.63. The summed E-state index contributed by atoms with van der Waals surface area (Å²) in [5.74, 6) is 1.73. The number of halogens is 1. The highest BCUT2D eigenvalue weighted by atomic mass is 35.5. The third kappa shape index (κ3) is 4.13. The van der Waals surface area contributed by atoms with Gasteiger partial charge < -0.3 is 10.2 Å². The first-order valence-corrected chi connectivity index (χ1v) is 9.57. The zero-order chi connectivity index (χ0) is 18.5. The number of imidazole rings is 1. The molecule has 3 rings (SSSR count). The molecule has 2 aromatic carbocycles. The molecule has 138 valence electrons. The van der Waals surface area contributed by atoms with Crippen molar-refractivity contribution >= 4 is 22.6 Å². The summed E-state index contributed by atoms with van der Waals surface area (Å²) in [4.78, 5) is 4.66. The van der Waals surface area contributed by atoms with Crippen molar-refractivity contribution in [3.8, 4) is 5.75 Å². The minimum absolute atomic E-state index is 0.679. The van der Waals surface area contributed by atoms with Crippen molar-refractivity contribution in [1.82, 2.24) is 9.66 Å². The molecule has 0 aliphatic heterocycles. The van der Waals surface area contributed by atoms with E-state index in [1.807, 2.05) is 19.1 Å². The number of ether oxygens (including phenoxy) is 1. The Morgan fingerprint density at radius 3 is 2.81 bits per heavy atom. The second-order valence-corrected chi connectivity index (χ2v) is 6.97. The molecule has 26 heavy (non-hydrogen) atoms. The average molecular weight is 372 g/mol. The number of rotatable bonds is 8. The zero-order valence-electron chi connectivity index (χ0n) is 15.7. The minimum Gasteiger partial charge on any atom is -0.492 e. The normalized spacial score (nSPS) is 11.1. The van der Waals surface area contributed by atoms with Gasteiger partial charge in [-0.1, -0.05) is 43.1 Å². The van der Waals surface area contributed by atoms with Gasteiger partial charge in [-0.15, -0.1) is 0 Å². The summed E-state index contributed by atoms with van der Waals surface area (Å²) >= 11 is 6.35. The Morgan fingerprint density at radius 2 is 2.04 bits per heavy atom. The standard InChI is InChI=1S/C21H26ClN3O/c1-4-5-13-26-20-10-9-17(14-18(20)22)11-12-23-25-16(3)24-21-15(2)7-6-8-19(21)25/h6-10,14,23H,4-5,11-13H2,1-3H3. The fraction of sp³-hybridized carbons (Fsp3) is 0.381. The average Bonchev–Trinajstić information content (AvgIpc) is 2.94. The van der Waals surface area contributed by atoms with Crippen molar-refractivity contribution in [2.45, 2.75) is 40.0 Å². The van der Waals surface area contributed by atoms with E-state index in [9.17, 15) is 0 Å². The van der Waals surface area contributed by atoms with Crippen LogP contribution in [0.2, 0.25) is 5.02 Å². The number of aromatic nitrogens is 2. The second-order valence-electron chi connectivity index (χ2n) is 6.56. The highest BCUT2D eigenvalue weighted by Crippen LogP contribution is 2.26. The summed E-state index contributed by atoms with van der Waals surface area (Å²) in [6.45, 7) is 7.76. The maximum Gasteiger partial charge on any atom is 0.137 e. The fourth-order valence-corrected chi connectivity index (χ4v) is 3.27. The van der Waals surface area contributed by atoms with Gasteiger partial charge in [0.15, 0.2) is 0 Å². The first-order chi connectivity index (χ1) is 12.6. The van der Waals surface area contributed by atoms with E-state index in [-0.39, 0.29) is 0 Å². The predicted molar refractivity (Wildman–Crippen MR) is 109 cm³/mol. The molecule has 0 radical (unpaired) electrons. The number of benzene rings is 2. The third-order valence-corrected chi connectivity index (χ3v) is 4.79. The van der Waals surface area contributed by atoms with E-state index in [2.05, 4.69) is 53.2 Å². The number of unbranched alkanes of at least 4 members (excludes halogenated alkanes) is 1. The van der Waals surface area contributed by atoms with Gasteiger partial charge in [-0.05, 0) is 56.0 Å². The Bertz CT molecular complexity index is 888. The number of nitrogens with one attached hydrogen (secondary N) is 1. The maximum absolute atomic E-state index is 6.35. The van der Waals surface area contributed by atoms with Gasteiger partial charge >= 0.3 is 0 Å². The summed E-state index contributed by atoms with van der Waals surface area (Å²) in [6, 6.07) is 12.3. The molecule has 1 heterocycles. The van der Waals surface area contributed by atoms with Gasteiger partial charge in [0.25, 0.3) is 0 Å². The number of hydrogen-bond donors (Lipinski definition) is 1. The summed E-state index contributed by atoms with van der Waals surface area (Å²) in [5.41, 5.74) is 8.00. The van der Waals surface area contributed by atoms with E-state index < -0.39 is 0 Å². The fourth-order valence-electron chi connectivity index (χ4n) is 3.01. The van der Waals surface area contributed by atoms with Crippen LogP contribution >= 0.6 is 11.6 Å². The van der Waals surface area contributed by atoms with Gasteiger partial charge in [0.1, 0.15) is 11.6 Å². The van der Waals surface area contributed by atoms with Crippen LogP contribution in [0.15, 0.2) is 36.4 Å². The van der Waals surface area contributed by atoms with Crippen molar-refractivity contribution < 1.29 is 4.74 Å². The van der Waals surface area contributed by atoms with Gasteiger partial charge in [-0.25, -0.2) is 9.66 Å². The van der Waals surface area contributed by atoms with Crippen LogP contribution in [0.4, 0.5) is 0 Å². The van der Waals surface area contributed by atoms with Crippen molar-refractivity contribution in [3.63, 3.8) is 0 Å². The largest absolute Gasteiger partial charge is 0.492 e. The summed E-state index contributed by atoms with van der Waals surface area (Å²) in [6.07, 6.45) is 3.03. The number of hydrogen-bond acceptors (Lipinski definition) is 3. The lowest BCUT2D eigenvalue weighted by molar-refractivity contribution is 0.309. The van der Waals surface area contributed by atoms with Gasteiger partial charge in [0.2, 0.25) is 0 Å². The van der Waals surface area contributed by atoms with E-state index in [0.29, 0.717) is 11.6 Å². The van der Waals surface area contributed by atoms with E-state index >= 15 is 0 Å². The molecule has 1 N–H and O–H groups in total. The van der Waals surface area contributed by atoms with E-state index in [1.165, 1.54) is 11.1 Å². The lowest BCUT2D eigenvalue weighted by Gasteiger charge is -2.12. The van der Waals surface area contributed by atoms with Crippen LogP contribution in [0.25, 0.3) is 11.0 Å². The van der Waals surface area contributed by atoms with Gasteiger partial charge in [-0.3, -0.25) is 0 Å². The van der Waals surface area contributed by atoms with Crippen LogP contribution in [0.5, 0.6) is 5.75 Å². The summed E-state index contributed by atoms with van der Waals surface area (Å²) in [7, 11) is 0. The Kier molecular flexibility index (Phi) is 6.04. The van der Waals surface area contributed by atoms with Crippen molar-refractivity contribution in [3.05, 3.63) is 58.4 Å². The SMILES string of the molecule is CCCCOc1ccc(CCNn2c(C)nc3c(C)cccc32)cc1Cl. The highest BCUT2D eigenvalue weighted by Gasteiger charge is 2.09. The summed E-state index contributed by atoms with van der Waals surface area (Å²) in [5, 5.41) is 0.679. The Hall–Kier alpha value is -2.20. The van der Waals surface area contributed by atoms with Crippen molar-refractivity contribution in [2.24, 2.45) is 0 Å². The molecule has 5 heteroatoms. The van der Waals surface area contributed by atoms with Crippen LogP contribution in [0.3, 0.4) is 0 Å². The molecule has 0 unspecified atom stereocenters. The molecular weight excluding hydrogens is 346 g/mol. The first-order valence-electron chi connectivity index (χ1n) is 9.20. The molecule has 0 spiro atoms. The van der Waals surface area contributed by atoms with Gasteiger partial charge in [0.05, 0.1) is 22.7 Å². The van der Waals surface area contributed by atoms with Crippen LogP contribution in [0, 0.1) is 13.8 Å². The number of fused-ring (bicyclic) bond motifs is 1. The quantitative estimate of drug-likeness (QED) is 0.548. The van der Waals surface area contributed by atoms with E-state index in [0.717, 1.165) is 48.4 Å². The first kappa shape index (κ1) is 18.6. The second kappa shape index (κ2) is 8.45. The van der Waals surface area contributed by atoms with Crippen LogP contribution in [-0.2, 0) is 6.42 Å². The molecule has 0 aliphatic rings. The predicted octanol–water partition coefficient (Wildman–Crippen LogP) is 5.27. The maximum atomic E-state index is 6.35. The number of para-hydroxylation sites is 1. The molecule has 1 aromatic heterocycles. The molecule has 0 atom stereocenters. The lowest BCUT2D eigenvalue weighted by Crippen LogP contribution is -2.18. The minimum atomic E-state index is 0.679.